The Hall–Kier alpha value is -3.74. The van der Waals surface area contributed by atoms with Gasteiger partial charge in [0.1, 0.15) is 0 Å². The standard InChI is InChI=1S/C25H22N2O5/c1-14-11-16-12-19(14)22-21(16)23(29)27(24(22)30)18-9-7-15(8-10-18)25(31)32-13-20(28)26-17-5-3-2-4-6-17/h2-11,16,19,21-22H,12-13H2,1H3,(H,26,28)/t16-,19+,21-,22-/m0/s1. The molecule has 2 aromatic carbocycles. The van der Waals surface area contributed by atoms with Gasteiger partial charge in [-0.15, -0.1) is 0 Å². The van der Waals surface area contributed by atoms with Crippen LogP contribution in [0.15, 0.2) is 66.2 Å². The minimum atomic E-state index is -0.659. The zero-order valence-corrected chi connectivity index (χ0v) is 17.5. The van der Waals surface area contributed by atoms with E-state index in [9.17, 15) is 19.2 Å². The maximum Gasteiger partial charge on any atom is 0.338 e. The van der Waals surface area contributed by atoms with Crippen LogP contribution in [0.4, 0.5) is 11.4 Å². The fraction of sp³-hybridized carbons (Fsp3) is 0.280. The van der Waals surface area contributed by atoms with Gasteiger partial charge in [-0.2, -0.15) is 0 Å². The molecule has 1 aliphatic heterocycles. The highest BCUT2D eigenvalue weighted by Gasteiger charge is 2.60. The Kier molecular flexibility index (Phi) is 4.89. The summed E-state index contributed by atoms with van der Waals surface area (Å²) in [7, 11) is 0. The highest BCUT2D eigenvalue weighted by Crippen LogP contribution is 2.55. The van der Waals surface area contributed by atoms with Crippen molar-refractivity contribution in [2.75, 3.05) is 16.8 Å². The van der Waals surface area contributed by atoms with Crippen molar-refractivity contribution in [2.45, 2.75) is 13.3 Å². The van der Waals surface area contributed by atoms with Crippen LogP contribution in [0, 0.1) is 23.7 Å². The molecule has 4 atom stereocenters. The summed E-state index contributed by atoms with van der Waals surface area (Å²) in [6.07, 6.45) is 3.02. The van der Waals surface area contributed by atoms with E-state index in [1.165, 1.54) is 22.6 Å². The predicted molar refractivity (Wildman–Crippen MR) is 117 cm³/mol. The summed E-state index contributed by atoms with van der Waals surface area (Å²) >= 11 is 0. The van der Waals surface area contributed by atoms with Gasteiger partial charge in [0.2, 0.25) is 11.8 Å². The summed E-state index contributed by atoms with van der Waals surface area (Å²) in [5.74, 6) is -1.68. The third-order valence-electron chi connectivity index (χ3n) is 6.63. The zero-order valence-electron chi connectivity index (χ0n) is 17.5. The molecule has 0 radical (unpaired) electrons. The molecule has 3 aliphatic rings. The first-order chi connectivity index (χ1) is 15.4. The molecule has 0 spiro atoms. The van der Waals surface area contributed by atoms with E-state index in [4.69, 9.17) is 4.74 Å². The monoisotopic (exact) mass is 430 g/mol. The number of nitrogens with one attached hydrogen (secondary N) is 1. The second-order valence-corrected chi connectivity index (χ2v) is 8.52. The van der Waals surface area contributed by atoms with Crippen LogP contribution >= 0.6 is 0 Å². The topological polar surface area (TPSA) is 92.8 Å². The number of allylic oxidation sites excluding steroid dienone is 2. The first-order valence-corrected chi connectivity index (χ1v) is 10.6. The molecule has 2 bridgehead atoms. The smallest absolute Gasteiger partial charge is 0.338 e. The third-order valence-corrected chi connectivity index (χ3v) is 6.63. The Morgan fingerprint density at radius 2 is 1.69 bits per heavy atom. The van der Waals surface area contributed by atoms with Gasteiger partial charge in [-0.3, -0.25) is 19.3 Å². The number of amides is 3. The van der Waals surface area contributed by atoms with E-state index in [0.29, 0.717) is 11.4 Å². The van der Waals surface area contributed by atoms with Crippen molar-refractivity contribution in [1.82, 2.24) is 0 Å². The van der Waals surface area contributed by atoms with Crippen LogP contribution in [-0.4, -0.2) is 30.3 Å². The first kappa shape index (κ1) is 20.2. The average molecular weight is 430 g/mol. The number of anilines is 2. The summed E-state index contributed by atoms with van der Waals surface area (Å²) in [4.78, 5) is 51.5. The third kappa shape index (κ3) is 3.30. The molecule has 32 heavy (non-hydrogen) atoms. The van der Waals surface area contributed by atoms with E-state index >= 15 is 0 Å². The maximum atomic E-state index is 13.0. The van der Waals surface area contributed by atoms with Gasteiger partial charge in [-0.25, -0.2) is 4.79 Å². The molecule has 2 fully saturated rings. The predicted octanol–water partition coefficient (Wildman–Crippen LogP) is 3.18. The van der Waals surface area contributed by atoms with Crippen molar-refractivity contribution >= 4 is 35.1 Å². The molecule has 1 heterocycles. The molecule has 5 rings (SSSR count). The fourth-order valence-corrected chi connectivity index (χ4v) is 5.21. The largest absolute Gasteiger partial charge is 0.452 e. The highest BCUT2D eigenvalue weighted by atomic mass is 16.5. The molecule has 1 saturated carbocycles. The van der Waals surface area contributed by atoms with E-state index in [-0.39, 0.29) is 41.0 Å². The second-order valence-electron chi connectivity index (χ2n) is 8.52. The molecule has 3 amide bonds. The van der Waals surface area contributed by atoms with Gasteiger partial charge >= 0.3 is 5.97 Å². The molecular formula is C25H22N2O5. The van der Waals surface area contributed by atoms with Crippen LogP contribution in [-0.2, 0) is 19.1 Å². The van der Waals surface area contributed by atoms with Crippen LogP contribution in [0.3, 0.4) is 0 Å². The number of carbonyl (C=O) groups is 4. The van der Waals surface area contributed by atoms with Crippen LogP contribution in [0.5, 0.6) is 0 Å². The number of imide groups is 1. The number of benzene rings is 2. The van der Waals surface area contributed by atoms with Crippen molar-refractivity contribution < 1.29 is 23.9 Å². The highest BCUT2D eigenvalue weighted by molar-refractivity contribution is 6.23. The van der Waals surface area contributed by atoms with Gasteiger partial charge in [-0.1, -0.05) is 29.8 Å². The first-order valence-electron chi connectivity index (χ1n) is 10.6. The zero-order chi connectivity index (χ0) is 22.4. The van der Waals surface area contributed by atoms with Crippen molar-refractivity contribution in [2.24, 2.45) is 23.7 Å². The lowest BCUT2D eigenvalue weighted by Crippen LogP contribution is -2.33. The molecule has 0 aromatic heterocycles. The molecule has 7 heteroatoms. The number of para-hydroxylation sites is 1. The Morgan fingerprint density at radius 1 is 1.00 bits per heavy atom. The molecule has 162 valence electrons. The Bertz CT molecular complexity index is 1140. The lowest BCUT2D eigenvalue weighted by Gasteiger charge is -2.19. The van der Waals surface area contributed by atoms with Crippen LogP contribution in [0.25, 0.3) is 0 Å². The number of hydrogen-bond donors (Lipinski definition) is 1. The molecule has 0 unspecified atom stereocenters. The van der Waals surface area contributed by atoms with Crippen molar-refractivity contribution in [1.29, 1.82) is 0 Å². The quantitative estimate of drug-likeness (QED) is 0.447. The van der Waals surface area contributed by atoms with Gasteiger partial charge in [0.15, 0.2) is 6.61 Å². The van der Waals surface area contributed by atoms with Gasteiger partial charge in [0, 0.05) is 5.69 Å². The van der Waals surface area contributed by atoms with Crippen LogP contribution < -0.4 is 10.2 Å². The Morgan fingerprint density at radius 3 is 2.41 bits per heavy atom. The SMILES string of the molecule is CC1=C[C@H]2C[C@H]1[C@@H]1C(=O)N(c3ccc(C(=O)OCC(=O)Nc4ccccc4)cc3)C(=O)[C@H]12. The van der Waals surface area contributed by atoms with Gasteiger partial charge < -0.3 is 10.1 Å². The molecule has 1 saturated heterocycles. The number of nitrogens with zero attached hydrogens (tertiary/aromatic N) is 1. The number of esters is 1. The Balaban J connectivity index is 1.22. The summed E-state index contributed by atoms with van der Waals surface area (Å²) in [6, 6.07) is 15.0. The average Bonchev–Trinajstić information content (AvgIpc) is 3.43. The van der Waals surface area contributed by atoms with Crippen molar-refractivity contribution in [3.8, 4) is 0 Å². The van der Waals surface area contributed by atoms with E-state index in [2.05, 4.69) is 11.4 Å². The summed E-state index contributed by atoms with van der Waals surface area (Å²) in [5, 5.41) is 2.64. The Labute approximate surface area is 185 Å². The van der Waals surface area contributed by atoms with Gasteiger partial charge in [0.25, 0.3) is 5.91 Å². The number of fused-ring (bicyclic) bond motifs is 5. The minimum absolute atomic E-state index is 0.141. The van der Waals surface area contributed by atoms with Gasteiger partial charge in [-0.05, 0) is 61.6 Å². The second kappa shape index (κ2) is 7.75. The minimum Gasteiger partial charge on any atom is -0.452 e. The van der Waals surface area contributed by atoms with E-state index < -0.39 is 18.5 Å². The van der Waals surface area contributed by atoms with Crippen LogP contribution in [0.2, 0.25) is 0 Å². The number of ether oxygens (including phenoxy) is 1. The summed E-state index contributed by atoms with van der Waals surface area (Å²) in [5.41, 5.74) is 2.50. The number of carbonyl (C=O) groups excluding carboxylic acids is 4. The lowest BCUT2D eigenvalue weighted by atomic mass is 9.82. The lowest BCUT2D eigenvalue weighted by molar-refractivity contribution is -0.123. The van der Waals surface area contributed by atoms with Crippen molar-refractivity contribution in [3.63, 3.8) is 0 Å². The molecule has 7 nitrogen and oxygen atoms in total. The van der Waals surface area contributed by atoms with Crippen LogP contribution in [0.1, 0.15) is 23.7 Å². The van der Waals surface area contributed by atoms with Gasteiger partial charge in [0.05, 0.1) is 23.1 Å². The maximum absolute atomic E-state index is 13.0. The van der Waals surface area contributed by atoms with Crippen molar-refractivity contribution in [3.05, 3.63) is 71.8 Å². The van der Waals surface area contributed by atoms with E-state index in [0.717, 1.165) is 6.42 Å². The molecule has 1 N–H and O–H groups in total. The summed E-state index contributed by atoms with van der Waals surface area (Å²) in [6.45, 7) is 1.61. The van der Waals surface area contributed by atoms with E-state index in [1.807, 2.05) is 13.0 Å². The molecule has 2 aliphatic carbocycles. The molecular weight excluding hydrogens is 408 g/mol. The number of hydrogen-bond acceptors (Lipinski definition) is 5. The number of rotatable bonds is 5. The normalized spacial score (nSPS) is 25.5. The fourth-order valence-electron chi connectivity index (χ4n) is 5.21. The summed E-state index contributed by atoms with van der Waals surface area (Å²) < 4.78 is 5.07. The molecule has 2 aromatic rings. The van der Waals surface area contributed by atoms with E-state index in [1.54, 1.807) is 36.4 Å².